The van der Waals surface area contributed by atoms with Crippen LogP contribution in [0.3, 0.4) is 0 Å². The first-order valence-corrected chi connectivity index (χ1v) is 11.3. The summed E-state index contributed by atoms with van der Waals surface area (Å²) < 4.78 is 5.80. The standard InChI is InChI=1S/C20H24OSi/c1-22(2,3)17-9-5-6-10-18-13-15-20(16-14-18)21-19-11-7-4-8-12-19/h4,7-8,11-16H,5-6,10H2,1-3H3. The van der Waals surface area contributed by atoms with E-state index in [2.05, 4.69) is 43.2 Å². The second kappa shape index (κ2) is 7.86. The van der Waals surface area contributed by atoms with Gasteiger partial charge in [0.25, 0.3) is 0 Å². The minimum Gasteiger partial charge on any atom is -0.457 e. The molecule has 2 rings (SSSR count). The maximum Gasteiger partial charge on any atom is 0.129 e. The van der Waals surface area contributed by atoms with E-state index in [-0.39, 0.29) is 0 Å². The lowest BCUT2D eigenvalue weighted by Crippen LogP contribution is -2.16. The molecule has 0 saturated heterocycles. The second-order valence-corrected chi connectivity index (χ2v) is 11.2. The van der Waals surface area contributed by atoms with E-state index in [1.807, 2.05) is 42.5 Å². The Morgan fingerprint density at radius 3 is 2.14 bits per heavy atom. The first kappa shape index (κ1) is 16.4. The highest BCUT2D eigenvalue weighted by Gasteiger charge is 2.06. The van der Waals surface area contributed by atoms with Crippen LogP contribution in [-0.2, 0) is 6.42 Å². The normalized spacial score (nSPS) is 10.7. The summed E-state index contributed by atoms with van der Waals surface area (Å²) in [6.45, 7) is 6.85. The van der Waals surface area contributed by atoms with Gasteiger partial charge in [0.1, 0.15) is 19.6 Å². The molecule has 0 aromatic heterocycles. The molecule has 0 atom stereocenters. The monoisotopic (exact) mass is 308 g/mol. The lowest BCUT2D eigenvalue weighted by molar-refractivity contribution is 0.482. The minimum absolute atomic E-state index is 0.872. The summed E-state index contributed by atoms with van der Waals surface area (Å²) in [7, 11) is -1.21. The summed E-state index contributed by atoms with van der Waals surface area (Å²) in [5, 5.41) is 0. The van der Waals surface area contributed by atoms with Gasteiger partial charge in [0.05, 0.1) is 0 Å². The Hall–Kier alpha value is -1.98. The van der Waals surface area contributed by atoms with E-state index in [1.54, 1.807) is 0 Å². The lowest BCUT2D eigenvalue weighted by atomic mass is 10.1. The summed E-state index contributed by atoms with van der Waals surface area (Å²) >= 11 is 0. The molecule has 2 heteroatoms. The zero-order valence-electron chi connectivity index (χ0n) is 13.7. The Bertz CT molecular complexity index is 627. The number of benzene rings is 2. The molecule has 0 bridgehead atoms. The number of aryl methyl sites for hydroxylation is 1. The number of rotatable bonds is 5. The van der Waals surface area contributed by atoms with Gasteiger partial charge < -0.3 is 4.74 Å². The van der Waals surface area contributed by atoms with Crippen LogP contribution in [-0.4, -0.2) is 8.07 Å². The molecule has 0 unspecified atom stereocenters. The average Bonchev–Trinajstić information content (AvgIpc) is 2.48. The molecule has 0 radical (unpaired) electrons. The Balaban J connectivity index is 1.81. The number of hydrogen-bond acceptors (Lipinski definition) is 1. The third-order valence-electron chi connectivity index (χ3n) is 3.13. The largest absolute Gasteiger partial charge is 0.457 e. The van der Waals surface area contributed by atoms with E-state index in [4.69, 9.17) is 4.74 Å². The molecule has 0 amide bonds. The maximum absolute atomic E-state index is 5.80. The van der Waals surface area contributed by atoms with Crippen molar-refractivity contribution in [2.75, 3.05) is 0 Å². The highest BCUT2D eigenvalue weighted by atomic mass is 28.3. The minimum atomic E-state index is -1.21. The van der Waals surface area contributed by atoms with Gasteiger partial charge in [-0.25, -0.2) is 0 Å². The van der Waals surface area contributed by atoms with Crippen LogP contribution in [0.25, 0.3) is 0 Å². The van der Waals surface area contributed by atoms with Crippen molar-refractivity contribution in [3.63, 3.8) is 0 Å². The van der Waals surface area contributed by atoms with Crippen molar-refractivity contribution in [2.24, 2.45) is 0 Å². The molecule has 0 spiro atoms. The van der Waals surface area contributed by atoms with Gasteiger partial charge >= 0.3 is 0 Å². The van der Waals surface area contributed by atoms with Gasteiger partial charge in [0, 0.05) is 6.42 Å². The molecule has 0 aliphatic rings. The van der Waals surface area contributed by atoms with Gasteiger partial charge in [-0.3, -0.25) is 0 Å². The molecule has 0 aliphatic carbocycles. The van der Waals surface area contributed by atoms with E-state index >= 15 is 0 Å². The van der Waals surface area contributed by atoms with E-state index in [0.29, 0.717) is 0 Å². The van der Waals surface area contributed by atoms with Crippen molar-refractivity contribution < 1.29 is 4.74 Å². The molecule has 0 saturated carbocycles. The summed E-state index contributed by atoms with van der Waals surface area (Å²) in [4.78, 5) is 0. The quantitative estimate of drug-likeness (QED) is 0.392. The van der Waals surface area contributed by atoms with Crippen molar-refractivity contribution in [1.29, 1.82) is 0 Å². The molecule has 0 heterocycles. The van der Waals surface area contributed by atoms with Gasteiger partial charge in [-0.2, -0.15) is 0 Å². The van der Waals surface area contributed by atoms with E-state index in [0.717, 1.165) is 30.8 Å². The van der Waals surface area contributed by atoms with Crippen LogP contribution in [0.1, 0.15) is 18.4 Å². The van der Waals surface area contributed by atoms with Gasteiger partial charge in [-0.05, 0) is 42.7 Å². The molecular formula is C20H24OSi. The van der Waals surface area contributed by atoms with Gasteiger partial charge in [-0.1, -0.05) is 50.0 Å². The molecular weight excluding hydrogens is 284 g/mol. The van der Waals surface area contributed by atoms with Crippen LogP contribution >= 0.6 is 0 Å². The molecule has 0 fully saturated rings. The Morgan fingerprint density at radius 1 is 0.864 bits per heavy atom. The maximum atomic E-state index is 5.80. The zero-order chi connectivity index (χ0) is 15.8. The van der Waals surface area contributed by atoms with Crippen LogP contribution in [0.4, 0.5) is 0 Å². The summed E-state index contributed by atoms with van der Waals surface area (Å²) in [5.74, 6) is 5.08. The first-order valence-electron chi connectivity index (χ1n) is 7.85. The highest BCUT2D eigenvalue weighted by Crippen LogP contribution is 2.21. The third kappa shape index (κ3) is 6.20. The predicted molar refractivity (Wildman–Crippen MR) is 97.0 cm³/mol. The number of para-hydroxylation sites is 1. The van der Waals surface area contributed by atoms with Crippen molar-refractivity contribution >= 4 is 8.07 Å². The third-order valence-corrected chi connectivity index (χ3v) is 4.06. The molecule has 22 heavy (non-hydrogen) atoms. The van der Waals surface area contributed by atoms with Crippen molar-refractivity contribution in [3.8, 4) is 23.0 Å². The fourth-order valence-electron chi connectivity index (χ4n) is 2.06. The van der Waals surface area contributed by atoms with Crippen molar-refractivity contribution in [3.05, 3.63) is 60.2 Å². The van der Waals surface area contributed by atoms with E-state index < -0.39 is 8.07 Å². The second-order valence-electron chi connectivity index (χ2n) is 6.46. The number of ether oxygens (including phenoxy) is 1. The topological polar surface area (TPSA) is 9.23 Å². The van der Waals surface area contributed by atoms with Gasteiger partial charge in [0.15, 0.2) is 0 Å². The Kier molecular flexibility index (Phi) is 5.86. The molecule has 114 valence electrons. The molecule has 2 aromatic carbocycles. The Labute approximate surface area is 135 Å². The van der Waals surface area contributed by atoms with Gasteiger partial charge in [-0.15, -0.1) is 11.5 Å². The van der Waals surface area contributed by atoms with Crippen molar-refractivity contribution in [2.45, 2.75) is 38.9 Å². The fraction of sp³-hybridized carbons (Fsp3) is 0.300. The molecule has 0 N–H and O–H groups in total. The number of hydrogen-bond donors (Lipinski definition) is 0. The van der Waals surface area contributed by atoms with Crippen LogP contribution in [0.5, 0.6) is 11.5 Å². The molecule has 1 nitrogen and oxygen atoms in total. The summed E-state index contributed by atoms with van der Waals surface area (Å²) in [6, 6.07) is 18.2. The first-order chi connectivity index (χ1) is 10.5. The average molecular weight is 308 g/mol. The van der Waals surface area contributed by atoms with Crippen LogP contribution in [0.2, 0.25) is 19.6 Å². The smallest absolute Gasteiger partial charge is 0.129 e. The van der Waals surface area contributed by atoms with Crippen LogP contribution in [0.15, 0.2) is 54.6 Å². The van der Waals surface area contributed by atoms with Gasteiger partial charge in [0.2, 0.25) is 0 Å². The van der Waals surface area contributed by atoms with Crippen LogP contribution in [0, 0.1) is 11.5 Å². The summed E-state index contributed by atoms with van der Waals surface area (Å²) in [6.07, 6.45) is 3.19. The van der Waals surface area contributed by atoms with E-state index in [9.17, 15) is 0 Å². The molecule has 2 aromatic rings. The predicted octanol–water partition coefficient (Wildman–Crippen LogP) is 5.68. The zero-order valence-corrected chi connectivity index (χ0v) is 14.7. The fourth-order valence-corrected chi connectivity index (χ4v) is 2.71. The van der Waals surface area contributed by atoms with Crippen molar-refractivity contribution in [1.82, 2.24) is 0 Å². The molecule has 0 aliphatic heterocycles. The summed E-state index contributed by atoms with van der Waals surface area (Å²) in [5.41, 5.74) is 4.76. The SMILES string of the molecule is C[Si](C)(C)C#CCCCc1ccc(Oc2ccccc2)cc1. The highest BCUT2D eigenvalue weighted by molar-refractivity contribution is 6.83. The van der Waals surface area contributed by atoms with E-state index in [1.165, 1.54) is 5.56 Å². The van der Waals surface area contributed by atoms with Crippen LogP contribution < -0.4 is 4.74 Å². The Morgan fingerprint density at radius 2 is 1.50 bits per heavy atom. The number of unbranched alkanes of at least 4 members (excludes halogenated alkanes) is 1. The lowest BCUT2D eigenvalue weighted by Gasteiger charge is -2.06.